The second-order valence-corrected chi connectivity index (χ2v) is 3.73. The number of ether oxygens (including phenoxy) is 1. The molecule has 0 amide bonds. The predicted octanol–water partition coefficient (Wildman–Crippen LogP) is 1.01. The standard InChI is InChI=1S/C10H19NO3/c1-2-6-11-9(10(12)13)7-14-8-4-3-5-8/h8-9,11H,2-7H2,1H3,(H,12,13)/t9-/m0/s1. The third-order valence-corrected chi connectivity index (χ3v) is 2.49. The van der Waals surface area contributed by atoms with E-state index < -0.39 is 12.0 Å². The first-order chi connectivity index (χ1) is 6.74. The van der Waals surface area contributed by atoms with Gasteiger partial charge in [-0.05, 0) is 32.2 Å². The normalized spacial score (nSPS) is 18.9. The molecule has 1 fully saturated rings. The number of nitrogens with one attached hydrogen (secondary N) is 1. The monoisotopic (exact) mass is 201 g/mol. The summed E-state index contributed by atoms with van der Waals surface area (Å²) in [6.07, 6.45) is 4.62. The van der Waals surface area contributed by atoms with Crippen LogP contribution in [0.4, 0.5) is 0 Å². The average molecular weight is 201 g/mol. The minimum atomic E-state index is -0.822. The Kier molecular flexibility index (Phi) is 4.90. The Balaban J connectivity index is 2.16. The molecule has 1 rings (SSSR count). The maximum atomic E-state index is 10.8. The van der Waals surface area contributed by atoms with Gasteiger partial charge in [-0.3, -0.25) is 4.79 Å². The first kappa shape index (κ1) is 11.5. The van der Waals surface area contributed by atoms with Crippen LogP contribution in [0.5, 0.6) is 0 Å². The number of rotatable bonds is 7. The van der Waals surface area contributed by atoms with E-state index >= 15 is 0 Å². The zero-order chi connectivity index (χ0) is 10.4. The molecule has 0 radical (unpaired) electrons. The molecule has 0 spiro atoms. The highest BCUT2D eigenvalue weighted by Crippen LogP contribution is 2.21. The summed E-state index contributed by atoms with van der Waals surface area (Å²) in [6, 6.07) is -0.546. The molecule has 0 aromatic heterocycles. The first-order valence-electron chi connectivity index (χ1n) is 5.31. The fourth-order valence-corrected chi connectivity index (χ4v) is 1.31. The van der Waals surface area contributed by atoms with Crippen LogP contribution in [0.1, 0.15) is 32.6 Å². The maximum Gasteiger partial charge on any atom is 0.323 e. The highest BCUT2D eigenvalue weighted by Gasteiger charge is 2.22. The van der Waals surface area contributed by atoms with Gasteiger partial charge >= 0.3 is 5.97 Å². The van der Waals surface area contributed by atoms with Gasteiger partial charge in [-0.15, -0.1) is 0 Å². The molecular weight excluding hydrogens is 182 g/mol. The van der Waals surface area contributed by atoms with Crippen LogP contribution in [0.3, 0.4) is 0 Å². The van der Waals surface area contributed by atoms with E-state index in [9.17, 15) is 4.79 Å². The molecule has 2 N–H and O–H groups in total. The van der Waals surface area contributed by atoms with E-state index in [1.807, 2.05) is 6.92 Å². The zero-order valence-electron chi connectivity index (χ0n) is 8.66. The fourth-order valence-electron chi connectivity index (χ4n) is 1.31. The van der Waals surface area contributed by atoms with Crippen molar-refractivity contribution in [1.82, 2.24) is 5.32 Å². The molecule has 0 aromatic rings. The molecule has 4 heteroatoms. The second kappa shape index (κ2) is 5.98. The number of carboxylic acids is 1. The van der Waals surface area contributed by atoms with Crippen LogP contribution < -0.4 is 5.32 Å². The second-order valence-electron chi connectivity index (χ2n) is 3.73. The van der Waals surface area contributed by atoms with Gasteiger partial charge in [0.1, 0.15) is 6.04 Å². The summed E-state index contributed by atoms with van der Waals surface area (Å²) in [5, 5.41) is 11.8. The van der Waals surface area contributed by atoms with Crippen molar-refractivity contribution in [2.45, 2.75) is 44.8 Å². The van der Waals surface area contributed by atoms with Crippen LogP contribution >= 0.6 is 0 Å². The average Bonchev–Trinajstić information content (AvgIpc) is 2.07. The van der Waals surface area contributed by atoms with Gasteiger partial charge in [-0.25, -0.2) is 0 Å². The van der Waals surface area contributed by atoms with Gasteiger partial charge in [0.05, 0.1) is 12.7 Å². The van der Waals surface area contributed by atoms with Crippen LogP contribution in [0.2, 0.25) is 0 Å². The Hall–Kier alpha value is -0.610. The van der Waals surface area contributed by atoms with Crippen molar-refractivity contribution < 1.29 is 14.6 Å². The largest absolute Gasteiger partial charge is 0.480 e. The Morgan fingerprint density at radius 2 is 2.36 bits per heavy atom. The summed E-state index contributed by atoms with van der Waals surface area (Å²) in [5.41, 5.74) is 0. The van der Waals surface area contributed by atoms with Crippen molar-refractivity contribution in [2.24, 2.45) is 0 Å². The summed E-state index contributed by atoms with van der Waals surface area (Å²) < 4.78 is 5.46. The van der Waals surface area contributed by atoms with Crippen molar-refractivity contribution in [3.05, 3.63) is 0 Å². The molecule has 1 aliphatic rings. The Morgan fingerprint density at radius 1 is 1.64 bits per heavy atom. The predicted molar refractivity (Wildman–Crippen MR) is 53.3 cm³/mol. The molecule has 0 bridgehead atoms. The first-order valence-corrected chi connectivity index (χ1v) is 5.31. The maximum absolute atomic E-state index is 10.8. The quantitative estimate of drug-likeness (QED) is 0.645. The van der Waals surface area contributed by atoms with Gasteiger partial charge < -0.3 is 15.2 Å². The minimum absolute atomic E-state index is 0.292. The Bertz CT molecular complexity index is 180. The van der Waals surface area contributed by atoms with Crippen LogP contribution in [0.25, 0.3) is 0 Å². The van der Waals surface area contributed by atoms with Crippen molar-refractivity contribution in [3.8, 4) is 0 Å². The van der Waals surface area contributed by atoms with Crippen molar-refractivity contribution >= 4 is 5.97 Å². The van der Waals surface area contributed by atoms with Crippen molar-refractivity contribution in [2.75, 3.05) is 13.2 Å². The van der Waals surface area contributed by atoms with E-state index in [-0.39, 0.29) is 0 Å². The fraction of sp³-hybridized carbons (Fsp3) is 0.900. The van der Waals surface area contributed by atoms with E-state index in [1.54, 1.807) is 0 Å². The van der Waals surface area contributed by atoms with Crippen LogP contribution in [-0.4, -0.2) is 36.4 Å². The molecule has 1 aliphatic carbocycles. The third kappa shape index (κ3) is 3.64. The molecule has 0 unspecified atom stereocenters. The molecule has 0 aromatic carbocycles. The molecule has 14 heavy (non-hydrogen) atoms. The van der Waals surface area contributed by atoms with Crippen LogP contribution in [0, 0.1) is 0 Å². The summed E-state index contributed by atoms with van der Waals surface area (Å²) in [5.74, 6) is -0.822. The van der Waals surface area contributed by atoms with E-state index in [1.165, 1.54) is 6.42 Å². The minimum Gasteiger partial charge on any atom is -0.480 e. The van der Waals surface area contributed by atoms with E-state index in [0.29, 0.717) is 12.7 Å². The lowest BCUT2D eigenvalue weighted by Gasteiger charge is -2.27. The lowest BCUT2D eigenvalue weighted by molar-refractivity contribution is -0.142. The van der Waals surface area contributed by atoms with Gasteiger partial charge in [-0.1, -0.05) is 6.92 Å². The molecule has 0 saturated heterocycles. The van der Waals surface area contributed by atoms with Gasteiger partial charge in [0.25, 0.3) is 0 Å². The molecule has 1 saturated carbocycles. The lowest BCUT2D eigenvalue weighted by atomic mass is 9.96. The van der Waals surface area contributed by atoms with Gasteiger partial charge in [-0.2, -0.15) is 0 Å². The molecule has 0 heterocycles. The van der Waals surface area contributed by atoms with Crippen LogP contribution in [0.15, 0.2) is 0 Å². The van der Waals surface area contributed by atoms with Gasteiger partial charge in [0.2, 0.25) is 0 Å². The topological polar surface area (TPSA) is 58.6 Å². The van der Waals surface area contributed by atoms with E-state index in [4.69, 9.17) is 9.84 Å². The SMILES string of the molecule is CCCN[C@@H](COC1CCC1)C(=O)O. The highest BCUT2D eigenvalue weighted by molar-refractivity contribution is 5.73. The van der Waals surface area contributed by atoms with Gasteiger partial charge in [0, 0.05) is 0 Å². The summed E-state index contributed by atoms with van der Waals surface area (Å²) >= 11 is 0. The van der Waals surface area contributed by atoms with Crippen LogP contribution in [-0.2, 0) is 9.53 Å². The number of hydrogen-bond acceptors (Lipinski definition) is 3. The lowest BCUT2D eigenvalue weighted by Crippen LogP contribution is -2.42. The molecule has 4 nitrogen and oxygen atoms in total. The smallest absolute Gasteiger partial charge is 0.323 e. The number of aliphatic carboxylic acids is 1. The zero-order valence-corrected chi connectivity index (χ0v) is 8.66. The number of hydrogen-bond donors (Lipinski definition) is 2. The third-order valence-electron chi connectivity index (χ3n) is 2.49. The van der Waals surface area contributed by atoms with E-state index in [0.717, 1.165) is 25.8 Å². The Labute approximate surface area is 84.6 Å². The molecule has 0 aliphatic heterocycles. The summed E-state index contributed by atoms with van der Waals surface area (Å²) in [6.45, 7) is 3.03. The number of carbonyl (C=O) groups is 1. The van der Waals surface area contributed by atoms with Gasteiger partial charge in [0.15, 0.2) is 0 Å². The van der Waals surface area contributed by atoms with E-state index in [2.05, 4.69) is 5.32 Å². The molecule has 82 valence electrons. The molecule has 1 atom stereocenters. The van der Waals surface area contributed by atoms with Crippen molar-refractivity contribution in [3.63, 3.8) is 0 Å². The summed E-state index contributed by atoms with van der Waals surface area (Å²) in [4.78, 5) is 10.8. The Morgan fingerprint density at radius 3 is 2.79 bits per heavy atom. The highest BCUT2D eigenvalue weighted by atomic mass is 16.5. The van der Waals surface area contributed by atoms with Crippen molar-refractivity contribution in [1.29, 1.82) is 0 Å². The summed E-state index contributed by atoms with van der Waals surface area (Å²) in [7, 11) is 0. The molecular formula is C10H19NO3. The number of carboxylic acid groups (broad SMARTS) is 1.